The molecule has 5 heteroatoms. The van der Waals surface area contributed by atoms with E-state index in [0.29, 0.717) is 19.5 Å². The second-order valence-corrected chi connectivity index (χ2v) is 6.02. The molecule has 0 unspecified atom stereocenters. The van der Waals surface area contributed by atoms with Crippen molar-refractivity contribution < 1.29 is 9.32 Å². The summed E-state index contributed by atoms with van der Waals surface area (Å²) in [4.78, 5) is 12.2. The lowest BCUT2D eigenvalue weighted by Crippen LogP contribution is -2.38. The van der Waals surface area contributed by atoms with Crippen molar-refractivity contribution in [3.8, 4) is 0 Å². The Kier molecular flexibility index (Phi) is 4.81. The summed E-state index contributed by atoms with van der Waals surface area (Å²) in [5, 5.41) is 6.87. The summed E-state index contributed by atoms with van der Waals surface area (Å²) >= 11 is 0. The molecule has 5 nitrogen and oxygen atoms in total. The molecule has 1 heterocycles. The van der Waals surface area contributed by atoms with Crippen LogP contribution in [0.15, 0.2) is 4.52 Å². The molecule has 1 aliphatic rings. The Labute approximate surface area is 120 Å². The van der Waals surface area contributed by atoms with Gasteiger partial charge in [-0.15, -0.1) is 0 Å². The first kappa shape index (κ1) is 15.0. The van der Waals surface area contributed by atoms with E-state index in [1.807, 2.05) is 13.8 Å². The summed E-state index contributed by atoms with van der Waals surface area (Å²) in [6.45, 7) is 4.84. The fourth-order valence-electron chi connectivity index (χ4n) is 3.10. The van der Waals surface area contributed by atoms with Crippen molar-refractivity contribution in [3.63, 3.8) is 0 Å². The standard InChI is InChI=1S/C15H25N3O2/c1-11-13(12(2)20-18-11)9-17-14(19)8-15(10-16)6-4-3-5-7-15/h3-10,16H2,1-2H3,(H,17,19). The monoisotopic (exact) mass is 279 g/mol. The van der Waals surface area contributed by atoms with Gasteiger partial charge in [-0.1, -0.05) is 24.4 Å². The van der Waals surface area contributed by atoms with Gasteiger partial charge in [0.25, 0.3) is 0 Å². The van der Waals surface area contributed by atoms with Gasteiger partial charge in [-0.25, -0.2) is 0 Å². The first-order chi connectivity index (χ1) is 9.56. The predicted molar refractivity (Wildman–Crippen MR) is 77.0 cm³/mol. The van der Waals surface area contributed by atoms with Crippen LogP contribution in [0.3, 0.4) is 0 Å². The van der Waals surface area contributed by atoms with Crippen LogP contribution in [0, 0.1) is 19.3 Å². The maximum atomic E-state index is 12.2. The molecule has 0 saturated heterocycles. The molecule has 0 aromatic carbocycles. The fraction of sp³-hybridized carbons (Fsp3) is 0.733. The Bertz CT molecular complexity index is 442. The lowest BCUT2D eigenvalue weighted by Gasteiger charge is -2.35. The Morgan fingerprint density at radius 3 is 2.60 bits per heavy atom. The third-order valence-corrected chi connectivity index (χ3v) is 4.53. The number of hydrogen-bond donors (Lipinski definition) is 2. The average Bonchev–Trinajstić information content (AvgIpc) is 2.77. The molecule has 0 radical (unpaired) electrons. The van der Waals surface area contributed by atoms with Crippen molar-refractivity contribution in [2.45, 2.75) is 58.9 Å². The first-order valence-electron chi connectivity index (χ1n) is 7.45. The summed E-state index contributed by atoms with van der Waals surface area (Å²) in [7, 11) is 0. The van der Waals surface area contributed by atoms with Crippen LogP contribution >= 0.6 is 0 Å². The van der Waals surface area contributed by atoms with Gasteiger partial charge in [0, 0.05) is 18.5 Å². The Balaban J connectivity index is 1.89. The number of rotatable bonds is 5. The number of nitrogens with zero attached hydrogens (tertiary/aromatic N) is 1. The van der Waals surface area contributed by atoms with Gasteiger partial charge in [0.2, 0.25) is 5.91 Å². The zero-order valence-corrected chi connectivity index (χ0v) is 12.5. The van der Waals surface area contributed by atoms with Crippen LogP contribution in [0.1, 0.15) is 55.5 Å². The van der Waals surface area contributed by atoms with Crippen molar-refractivity contribution in [1.82, 2.24) is 10.5 Å². The third kappa shape index (κ3) is 3.39. The molecule has 0 spiro atoms. The molecule has 2 rings (SSSR count). The van der Waals surface area contributed by atoms with E-state index in [9.17, 15) is 4.79 Å². The van der Waals surface area contributed by atoms with Gasteiger partial charge in [-0.2, -0.15) is 0 Å². The molecule has 1 fully saturated rings. The van der Waals surface area contributed by atoms with E-state index in [2.05, 4.69) is 10.5 Å². The number of amides is 1. The summed E-state index contributed by atoms with van der Waals surface area (Å²) in [5.41, 5.74) is 7.75. The molecule has 112 valence electrons. The second kappa shape index (κ2) is 6.39. The highest BCUT2D eigenvalue weighted by Crippen LogP contribution is 2.38. The Hall–Kier alpha value is -1.36. The Morgan fingerprint density at radius 1 is 1.35 bits per heavy atom. The largest absolute Gasteiger partial charge is 0.361 e. The van der Waals surface area contributed by atoms with Crippen LogP contribution in [0.25, 0.3) is 0 Å². The fourth-order valence-corrected chi connectivity index (χ4v) is 3.10. The van der Waals surface area contributed by atoms with Gasteiger partial charge < -0.3 is 15.6 Å². The average molecular weight is 279 g/mol. The van der Waals surface area contributed by atoms with Crippen LogP contribution in [-0.2, 0) is 11.3 Å². The minimum absolute atomic E-state index is 0.0149. The highest BCUT2D eigenvalue weighted by molar-refractivity contribution is 5.76. The van der Waals surface area contributed by atoms with Gasteiger partial charge >= 0.3 is 0 Å². The van der Waals surface area contributed by atoms with E-state index in [4.69, 9.17) is 10.3 Å². The number of aromatic nitrogens is 1. The molecule has 1 aromatic rings. The third-order valence-electron chi connectivity index (χ3n) is 4.53. The second-order valence-electron chi connectivity index (χ2n) is 6.02. The molecular weight excluding hydrogens is 254 g/mol. The Morgan fingerprint density at radius 2 is 2.05 bits per heavy atom. The van der Waals surface area contributed by atoms with E-state index < -0.39 is 0 Å². The molecule has 20 heavy (non-hydrogen) atoms. The molecule has 0 atom stereocenters. The molecule has 1 amide bonds. The summed E-state index contributed by atoms with van der Waals surface area (Å²) < 4.78 is 5.10. The molecule has 1 aliphatic carbocycles. The van der Waals surface area contributed by atoms with Gasteiger partial charge in [0.05, 0.1) is 5.69 Å². The van der Waals surface area contributed by atoms with Crippen molar-refractivity contribution in [3.05, 3.63) is 17.0 Å². The lowest BCUT2D eigenvalue weighted by molar-refractivity contribution is -0.124. The molecular formula is C15H25N3O2. The summed E-state index contributed by atoms with van der Waals surface area (Å²) in [6, 6.07) is 0. The molecule has 1 aromatic heterocycles. The van der Waals surface area contributed by atoms with Gasteiger partial charge in [-0.3, -0.25) is 4.79 Å². The van der Waals surface area contributed by atoms with E-state index in [1.165, 1.54) is 19.3 Å². The van der Waals surface area contributed by atoms with Crippen molar-refractivity contribution in [1.29, 1.82) is 0 Å². The van der Waals surface area contributed by atoms with E-state index in [-0.39, 0.29) is 11.3 Å². The number of carbonyl (C=O) groups excluding carboxylic acids is 1. The first-order valence-corrected chi connectivity index (χ1v) is 7.45. The normalized spacial score (nSPS) is 17.9. The number of nitrogens with two attached hydrogens (primary N) is 1. The highest BCUT2D eigenvalue weighted by Gasteiger charge is 2.32. The summed E-state index contributed by atoms with van der Waals surface area (Å²) in [5.74, 6) is 0.853. The topological polar surface area (TPSA) is 81.2 Å². The zero-order chi connectivity index (χ0) is 14.6. The lowest BCUT2D eigenvalue weighted by atomic mass is 9.71. The highest BCUT2D eigenvalue weighted by atomic mass is 16.5. The van der Waals surface area contributed by atoms with Gasteiger partial charge in [-0.05, 0) is 38.6 Å². The predicted octanol–water partition coefficient (Wildman–Crippen LogP) is 2.21. The molecule has 0 bridgehead atoms. The van der Waals surface area contributed by atoms with Gasteiger partial charge in [0.1, 0.15) is 5.76 Å². The SMILES string of the molecule is Cc1noc(C)c1CNC(=O)CC1(CN)CCCCC1. The number of nitrogens with one attached hydrogen (secondary N) is 1. The van der Waals surface area contributed by atoms with Crippen molar-refractivity contribution in [2.75, 3.05) is 6.54 Å². The maximum Gasteiger partial charge on any atom is 0.220 e. The molecule has 3 N–H and O–H groups in total. The summed E-state index contributed by atoms with van der Waals surface area (Å²) in [6.07, 6.45) is 6.32. The smallest absolute Gasteiger partial charge is 0.220 e. The van der Waals surface area contributed by atoms with Crippen molar-refractivity contribution >= 4 is 5.91 Å². The van der Waals surface area contributed by atoms with E-state index in [1.54, 1.807) is 0 Å². The maximum absolute atomic E-state index is 12.2. The van der Waals surface area contributed by atoms with Crippen LogP contribution in [0.4, 0.5) is 0 Å². The minimum atomic E-state index is 0.0149. The van der Waals surface area contributed by atoms with Crippen LogP contribution in [-0.4, -0.2) is 17.6 Å². The molecule has 0 aliphatic heterocycles. The van der Waals surface area contributed by atoms with E-state index in [0.717, 1.165) is 29.9 Å². The van der Waals surface area contributed by atoms with Gasteiger partial charge in [0.15, 0.2) is 0 Å². The number of hydrogen-bond acceptors (Lipinski definition) is 4. The van der Waals surface area contributed by atoms with Crippen LogP contribution in [0.2, 0.25) is 0 Å². The van der Waals surface area contributed by atoms with Crippen LogP contribution in [0.5, 0.6) is 0 Å². The number of carbonyl (C=O) groups is 1. The minimum Gasteiger partial charge on any atom is -0.361 e. The zero-order valence-electron chi connectivity index (χ0n) is 12.5. The number of aryl methyl sites for hydroxylation is 2. The van der Waals surface area contributed by atoms with Crippen LogP contribution < -0.4 is 11.1 Å². The molecule has 1 saturated carbocycles. The quantitative estimate of drug-likeness (QED) is 0.866. The van der Waals surface area contributed by atoms with Crippen molar-refractivity contribution in [2.24, 2.45) is 11.1 Å². The van der Waals surface area contributed by atoms with E-state index >= 15 is 0 Å².